The predicted octanol–water partition coefficient (Wildman–Crippen LogP) is 5.28. The molecule has 0 atom stereocenters. The van der Waals surface area contributed by atoms with Gasteiger partial charge in [-0.3, -0.25) is 14.7 Å². The van der Waals surface area contributed by atoms with Crippen LogP contribution >= 0.6 is 0 Å². The van der Waals surface area contributed by atoms with Gasteiger partial charge < -0.3 is 0 Å². The number of benzene rings is 1. The molecule has 0 saturated heterocycles. The molecule has 0 bridgehead atoms. The predicted molar refractivity (Wildman–Crippen MR) is 108 cm³/mol. The van der Waals surface area contributed by atoms with E-state index in [1.807, 2.05) is 32.3 Å². The summed E-state index contributed by atoms with van der Waals surface area (Å²) in [6.45, 7) is 4.96. The molecule has 26 heavy (non-hydrogen) atoms. The molecular formula is C22H24N4. The quantitative estimate of drug-likeness (QED) is 0.607. The molecule has 4 nitrogen and oxygen atoms in total. The zero-order valence-corrected chi connectivity index (χ0v) is 15.4. The molecule has 3 heterocycles. The molecule has 0 unspecified atom stereocenters. The van der Waals surface area contributed by atoms with Crippen molar-refractivity contribution in [3.8, 4) is 11.1 Å². The summed E-state index contributed by atoms with van der Waals surface area (Å²) < 4.78 is 2.21. The van der Waals surface area contributed by atoms with Crippen LogP contribution in [-0.2, 0) is 13.0 Å². The number of aromatic nitrogens is 3. The summed E-state index contributed by atoms with van der Waals surface area (Å²) in [4.78, 5) is 9.13. The first-order valence-electron chi connectivity index (χ1n) is 9.42. The van der Waals surface area contributed by atoms with E-state index in [1.165, 1.54) is 41.5 Å². The van der Waals surface area contributed by atoms with E-state index in [9.17, 15) is 0 Å². The summed E-state index contributed by atoms with van der Waals surface area (Å²) in [5.41, 5.74) is 6.71. The van der Waals surface area contributed by atoms with E-state index in [1.54, 1.807) is 0 Å². The second-order valence-electron chi connectivity index (χ2n) is 6.64. The average molecular weight is 344 g/mol. The number of nitrogens with zero attached hydrogens (tertiary/aromatic N) is 4. The third kappa shape index (κ3) is 2.85. The number of allylic oxidation sites excluding steroid dienone is 1. The lowest BCUT2D eigenvalue weighted by molar-refractivity contribution is 0.574. The Balaban J connectivity index is 2.03. The Hall–Kier alpha value is -2.75. The number of aliphatic imine (C=N–C) groups is 1. The SMILES string of the molecule is CC=N/C(=C\C)c1nn2c(c1-c1ccnc3ccccc13)CCCCC2. The van der Waals surface area contributed by atoms with Gasteiger partial charge >= 0.3 is 0 Å². The summed E-state index contributed by atoms with van der Waals surface area (Å²) in [5.74, 6) is 0. The fourth-order valence-electron chi connectivity index (χ4n) is 3.85. The number of fused-ring (bicyclic) bond motifs is 2. The molecule has 0 saturated carbocycles. The Labute approximate surface area is 154 Å². The monoisotopic (exact) mass is 344 g/mol. The summed E-state index contributed by atoms with van der Waals surface area (Å²) in [7, 11) is 0. The minimum Gasteiger partial charge on any atom is -0.268 e. The lowest BCUT2D eigenvalue weighted by atomic mass is 9.96. The van der Waals surface area contributed by atoms with Crippen LogP contribution in [0.25, 0.3) is 27.7 Å². The molecule has 0 amide bonds. The molecule has 2 aromatic heterocycles. The van der Waals surface area contributed by atoms with Crippen LogP contribution in [0.3, 0.4) is 0 Å². The molecule has 0 aliphatic carbocycles. The first-order chi connectivity index (χ1) is 12.8. The van der Waals surface area contributed by atoms with E-state index in [2.05, 4.69) is 45.0 Å². The summed E-state index contributed by atoms with van der Waals surface area (Å²) in [5, 5.41) is 6.17. The summed E-state index contributed by atoms with van der Waals surface area (Å²) in [6, 6.07) is 10.5. The van der Waals surface area contributed by atoms with Crippen molar-refractivity contribution in [2.24, 2.45) is 4.99 Å². The van der Waals surface area contributed by atoms with E-state index in [0.29, 0.717) is 0 Å². The first kappa shape index (κ1) is 16.7. The number of para-hydroxylation sites is 1. The Bertz CT molecular complexity index is 989. The van der Waals surface area contributed by atoms with Gasteiger partial charge in [0.25, 0.3) is 0 Å². The van der Waals surface area contributed by atoms with Crippen molar-refractivity contribution in [1.29, 1.82) is 0 Å². The van der Waals surface area contributed by atoms with Crippen molar-refractivity contribution in [2.75, 3.05) is 0 Å². The van der Waals surface area contributed by atoms with E-state index in [4.69, 9.17) is 5.10 Å². The van der Waals surface area contributed by atoms with Crippen molar-refractivity contribution in [3.63, 3.8) is 0 Å². The Kier molecular flexibility index (Phi) is 4.65. The Morgan fingerprint density at radius 2 is 2.00 bits per heavy atom. The van der Waals surface area contributed by atoms with Crippen LogP contribution in [0.2, 0.25) is 0 Å². The van der Waals surface area contributed by atoms with Crippen molar-refractivity contribution in [2.45, 2.75) is 46.1 Å². The number of pyridine rings is 1. The molecular weight excluding hydrogens is 320 g/mol. The molecule has 3 aromatic rings. The van der Waals surface area contributed by atoms with Crippen LogP contribution in [0.15, 0.2) is 47.6 Å². The van der Waals surface area contributed by atoms with Crippen LogP contribution in [0.1, 0.15) is 44.5 Å². The maximum atomic E-state index is 5.00. The normalized spacial score (nSPS) is 15.4. The first-order valence-corrected chi connectivity index (χ1v) is 9.42. The fourth-order valence-corrected chi connectivity index (χ4v) is 3.85. The van der Waals surface area contributed by atoms with Gasteiger partial charge in [-0.15, -0.1) is 0 Å². The lowest BCUT2D eigenvalue weighted by Crippen LogP contribution is -2.02. The van der Waals surface area contributed by atoms with Crippen LogP contribution in [0.4, 0.5) is 0 Å². The number of rotatable bonds is 3. The Morgan fingerprint density at radius 3 is 2.85 bits per heavy atom. The number of hydrogen-bond donors (Lipinski definition) is 0. The minimum absolute atomic E-state index is 0.934. The fraction of sp³-hybridized carbons (Fsp3) is 0.318. The smallest absolute Gasteiger partial charge is 0.118 e. The average Bonchev–Trinajstić information content (AvgIpc) is 2.87. The third-order valence-electron chi connectivity index (χ3n) is 5.04. The molecule has 1 aliphatic heterocycles. The van der Waals surface area contributed by atoms with Gasteiger partial charge in [-0.1, -0.05) is 30.7 Å². The highest BCUT2D eigenvalue weighted by Gasteiger charge is 2.23. The largest absolute Gasteiger partial charge is 0.268 e. The van der Waals surface area contributed by atoms with Crippen LogP contribution in [-0.4, -0.2) is 21.0 Å². The number of aryl methyl sites for hydroxylation is 1. The maximum Gasteiger partial charge on any atom is 0.118 e. The van der Waals surface area contributed by atoms with Gasteiger partial charge in [0.05, 0.1) is 11.2 Å². The van der Waals surface area contributed by atoms with Crippen molar-refractivity contribution in [1.82, 2.24) is 14.8 Å². The van der Waals surface area contributed by atoms with Gasteiger partial charge in [0.1, 0.15) is 5.69 Å². The molecule has 0 spiro atoms. The summed E-state index contributed by atoms with van der Waals surface area (Å²) in [6.07, 6.45) is 10.5. The summed E-state index contributed by atoms with van der Waals surface area (Å²) >= 11 is 0. The zero-order chi connectivity index (χ0) is 17.9. The van der Waals surface area contributed by atoms with E-state index >= 15 is 0 Å². The molecule has 4 heteroatoms. The van der Waals surface area contributed by atoms with Gasteiger partial charge in [0.2, 0.25) is 0 Å². The molecule has 4 rings (SSSR count). The van der Waals surface area contributed by atoms with Crippen molar-refractivity contribution >= 4 is 22.8 Å². The van der Waals surface area contributed by atoms with Crippen LogP contribution in [0.5, 0.6) is 0 Å². The van der Waals surface area contributed by atoms with Crippen molar-refractivity contribution in [3.05, 3.63) is 54.0 Å². The highest BCUT2D eigenvalue weighted by molar-refractivity contribution is 5.98. The molecule has 1 aromatic carbocycles. The van der Waals surface area contributed by atoms with E-state index in [-0.39, 0.29) is 0 Å². The topological polar surface area (TPSA) is 43.1 Å². The highest BCUT2D eigenvalue weighted by Crippen LogP contribution is 2.37. The second kappa shape index (κ2) is 7.24. The minimum atomic E-state index is 0.934. The van der Waals surface area contributed by atoms with Gasteiger partial charge in [0.15, 0.2) is 0 Å². The van der Waals surface area contributed by atoms with Crippen LogP contribution in [0, 0.1) is 0 Å². The molecule has 132 valence electrons. The molecule has 0 radical (unpaired) electrons. The van der Waals surface area contributed by atoms with Gasteiger partial charge in [-0.2, -0.15) is 5.10 Å². The van der Waals surface area contributed by atoms with Gasteiger partial charge in [0, 0.05) is 35.6 Å². The highest BCUT2D eigenvalue weighted by atomic mass is 15.3. The molecule has 1 aliphatic rings. The Morgan fingerprint density at radius 1 is 1.12 bits per heavy atom. The maximum absolute atomic E-state index is 5.00. The zero-order valence-electron chi connectivity index (χ0n) is 15.4. The molecule has 0 N–H and O–H groups in total. The van der Waals surface area contributed by atoms with Gasteiger partial charge in [-0.05, 0) is 50.8 Å². The second-order valence-corrected chi connectivity index (χ2v) is 6.64. The third-order valence-corrected chi connectivity index (χ3v) is 5.04. The standard InChI is InChI=1S/C22H24N4/c1-3-18(23-4-2)22-21(20-12-6-5-9-15-26(20)25-22)17-13-14-24-19-11-8-7-10-16(17)19/h3-4,7-8,10-11,13-14H,5-6,9,12,15H2,1-2H3/b18-3-,23-4?. The van der Waals surface area contributed by atoms with E-state index in [0.717, 1.165) is 29.9 Å². The van der Waals surface area contributed by atoms with Crippen LogP contribution < -0.4 is 0 Å². The number of hydrogen-bond acceptors (Lipinski definition) is 3. The van der Waals surface area contributed by atoms with Crippen molar-refractivity contribution < 1.29 is 0 Å². The van der Waals surface area contributed by atoms with Gasteiger partial charge in [-0.25, -0.2) is 0 Å². The lowest BCUT2D eigenvalue weighted by Gasteiger charge is -2.10. The van der Waals surface area contributed by atoms with E-state index < -0.39 is 0 Å². The molecule has 0 fully saturated rings.